The summed E-state index contributed by atoms with van der Waals surface area (Å²) < 4.78 is 5.37. The van der Waals surface area contributed by atoms with Crippen LogP contribution in [0.4, 0.5) is 0 Å². The summed E-state index contributed by atoms with van der Waals surface area (Å²) in [5, 5.41) is 0. The average molecular weight is 159 g/mol. The lowest BCUT2D eigenvalue weighted by molar-refractivity contribution is -0.0162. The van der Waals surface area contributed by atoms with Gasteiger partial charge in [0.05, 0.1) is 12.7 Å². The highest BCUT2D eigenvalue weighted by Gasteiger charge is 2.13. The van der Waals surface area contributed by atoms with Crippen LogP contribution >= 0.6 is 0 Å². The second-order valence-corrected chi connectivity index (χ2v) is 2.57. The van der Waals surface area contributed by atoms with Crippen LogP contribution in [0.2, 0.25) is 0 Å². The summed E-state index contributed by atoms with van der Waals surface area (Å²) in [6.45, 7) is 12.6. The van der Waals surface area contributed by atoms with Gasteiger partial charge in [-0.15, -0.1) is 0 Å². The molecule has 0 aromatic rings. The highest BCUT2D eigenvalue weighted by atomic mass is 16.5. The molecule has 0 saturated carbocycles. The van der Waals surface area contributed by atoms with Gasteiger partial charge in [0.1, 0.15) is 0 Å². The van der Waals surface area contributed by atoms with Crippen LogP contribution in [0, 0.1) is 0 Å². The van der Waals surface area contributed by atoms with Crippen LogP contribution in [0.25, 0.3) is 0 Å². The molecule has 0 N–H and O–H groups in total. The molecule has 1 saturated heterocycles. The quantitative estimate of drug-likeness (QED) is 0.578. The van der Waals surface area contributed by atoms with Gasteiger partial charge in [0.25, 0.3) is 0 Å². The van der Waals surface area contributed by atoms with Crippen LogP contribution in [-0.2, 0) is 4.74 Å². The Morgan fingerprint density at radius 1 is 1.45 bits per heavy atom. The summed E-state index contributed by atoms with van der Waals surface area (Å²) in [6, 6.07) is 0. The lowest BCUT2D eigenvalue weighted by atomic mass is 10.3. The predicted molar refractivity (Wildman–Crippen MR) is 48.9 cm³/mol. The molecule has 1 unspecified atom stereocenters. The minimum atomic E-state index is 0.443. The molecule has 1 fully saturated rings. The van der Waals surface area contributed by atoms with Gasteiger partial charge in [-0.1, -0.05) is 20.8 Å². The fraction of sp³-hybridized carbons (Fsp3) is 1.00. The molecule has 0 aromatic carbocycles. The van der Waals surface area contributed by atoms with E-state index in [4.69, 9.17) is 4.74 Å². The van der Waals surface area contributed by atoms with Gasteiger partial charge >= 0.3 is 0 Å². The minimum absolute atomic E-state index is 0.443. The second-order valence-electron chi connectivity index (χ2n) is 2.57. The summed E-state index contributed by atoms with van der Waals surface area (Å²) >= 11 is 0. The minimum Gasteiger partial charge on any atom is -0.376 e. The third-order valence-corrected chi connectivity index (χ3v) is 1.77. The maximum Gasteiger partial charge on any atom is 0.0674 e. The summed E-state index contributed by atoms with van der Waals surface area (Å²) in [4.78, 5) is 2.41. The average Bonchev–Trinajstić information content (AvgIpc) is 2.08. The maximum atomic E-state index is 5.37. The van der Waals surface area contributed by atoms with Crippen molar-refractivity contribution in [2.75, 3.05) is 26.2 Å². The van der Waals surface area contributed by atoms with E-state index in [9.17, 15) is 0 Å². The number of nitrogens with zero attached hydrogens (tertiary/aromatic N) is 1. The Hall–Kier alpha value is -0.0800. The van der Waals surface area contributed by atoms with Crippen molar-refractivity contribution in [1.82, 2.24) is 4.90 Å². The molecule has 1 heterocycles. The highest BCUT2D eigenvalue weighted by Crippen LogP contribution is 2.02. The molecule has 0 aliphatic carbocycles. The van der Waals surface area contributed by atoms with Crippen LogP contribution in [0.3, 0.4) is 0 Å². The molecule has 1 aliphatic rings. The van der Waals surface area contributed by atoms with Crippen molar-refractivity contribution in [3.05, 3.63) is 0 Å². The van der Waals surface area contributed by atoms with E-state index >= 15 is 0 Å². The van der Waals surface area contributed by atoms with Crippen molar-refractivity contribution in [3.8, 4) is 0 Å². The number of morpholine rings is 1. The zero-order valence-corrected chi connectivity index (χ0v) is 8.26. The van der Waals surface area contributed by atoms with Gasteiger partial charge in [0, 0.05) is 13.1 Å². The van der Waals surface area contributed by atoms with Crippen molar-refractivity contribution < 1.29 is 4.74 Å². The van der Waals surface area contributed by atoms with Gasteiger partial charge in [-0.25, -0.2) is 0 Å². The van der Waals surface area contributed by atoms with Crippen LogP contribution in [-0.4, -0.2) is 37.2 Å². The Bertz CT molecular complexity index is 85.6. The normalized spacial score (nSPS) is 25.6. The molecule has 1 atom stereocenters. The Balaban J connectivity index is 0.000000461. The Kier molecular flexibility index (Phi) is 6.57. The third-order valence-electron chi connectivity index (χ3n) is 1.77. The van der Waals surface area contributed by atoms with Crippen molar-refractivity contribution >= 4 is 0 Å². The number of hydrogen-bond donors (Lipinski definition) is 0. The standard InChI is InChI=1S/C7H15NO.C2H6/c1-3-8-4-5-9-7(2)6-8;1-2/h7H,3-6H2,1-2H3;1-2H3. The predicted octanol–water partition coefficient (Wildman–Crippen LogP) is 1.75. The van der Waals surface area contributed by atoms with Gasteiger partial charge in [-0.05, 0) is 13.5 Å². The molecule has 0 radical (unpaired) electrons. The second kappa shape index (κ2) is 6.62. The monoisotopic (exact) mass is 159 g/mol. The number of rotatable bonds is 1. The van der Waals surface area contributed by atoms with Gasteiger partial charge < -0.3 is 4.74 Å². The molecule has 0 spiro atoms. The zero-order valence-electron chi connectivity index (χ0n) is 8.26. The summed E-state index contributed by atoms with van der Waals surface area (Å²) in [6.07, 6.45) is 0.443. The molecule has 2 nitrogen and oxygen atoms in total. The van der Waals surface area contributed by atoms with Crippen molar-refractivity contribution in [2.24, 2.45) is 0 Å². The molecular weight excluding hydrogens is 138 g/mol. The van der Waals surface area contributed by atoms with Gasteiger partial charge in [0.15, 0.2) is 0 Å². The Morgan fingerprint density at radius 2 is 2.09 bits per heavy atom. The zero-order chi connectivity index (χ0) is 8.69. The maximum absolute atomic E-state index is 5.37. The molecule has 1 aliphatic heterocycles. The Labute approximate surface area is 70.5 Å². The van der Waals surface area contributed by atoms with Crippen molar-refractivity contribution in [2.45, 2.75) is 33.8 Å². The summed E-state index contributed by atoms with van der Waals surface area (Å²) in [7, 11) is 0. The van der Waals surface area contributed by atoms with Gasteiger partial charge in [-0.3, -0.25) is 4.90 Å². The van der Waals surface area contributed by atoms with Crippen LogP contribution in [0.15, 0.2) is 0 Å². The first-order valence-corrected chi connectivity index (χ1v) is 4.67. The molecule has 0 amide bonds. The van der Waals surface area contributed by atoms with E-state index in [0.717, 1.165) is 26.2 Å². The van der Waals surface area contributed by atoms with Crippen molar-refractivity contribution in [1.29, 1.82) is 0 Å². The SMILES string of the molecule is CC.CCN1CCOC(C)C1. The van der Waals surface area contributed by atoms with E-state index in [1.165, 1.54) is 0 Å². The first-order valence-electron chi connectivity index (χ1n) is 4.67. The van der Waals surface area contributed by atoms with Crippen LogP contribution in [0.1, 0.15) is 27.7 Å². The topological polar surface area (TPSA) is 12.5 Å². The first kappa shape index (κ1) is 10.9. The lowest BCUT2D eigenvalue weighted by Crippen LogP contribution is -2.40. The molecule has 68 valence electrons. The van der Waals surface area contributed by atoms with E-state index in [1.807, 2.05) is 13.8 Å². The molecule has 2 heteroatoms. The summed E-state index contributed by atoms with van der Waals surface area (Å²) in [5.41, 5.74) is 0. The Morgan fingerprint density at radius 3 is 2.45 bits per heavy atom. The van der Waals surface area contributed by atoms with E-state index in [2.05, 4.69) is 18.7 Å². The summed E-state index contributed by atoms with van der Waals surface area (Å²) in [5.74, 6) is 0. The van der Waals surface area contributed by atoms with E-state index in [0.29, 0.717) is 6.10 Å². The van der Waals surface area contributed by atoms with Gasteiger partial charge in [0.2, 0.25) is 0 Å². The number of ether oxygens (including phenoxy) is 1. The van der Waals surface area contributed by atoms with Crippen molar-refractivity contribution in [3.63, 3.8) is 0 Å². The molecule has 0 aromatic heterocycles. The highest BCUT2D eigenvalue weighted by molar-refractivity contribution is 4.65. The fourth-order valence-corrected chi connectivity index (χ4v) is 1.18. The molecule has 11 heavy (non-hydrogen) atoms. The first-order chi connectivity index (χ1) is 5.33. The van der Waals surface area contributed by atoms with E-state index in [-0.39, 0.29) is 0 Å². The van der Waals surface area contributed by atoms with Crippen LogP contribution < -0.4 is 0 Å². The largest absolute Gasteiger partial charge is 0.376 e. The lowest BCUT2D eigenvalue weighted by Gasteiger charge is -2.29. The molecule has 1 rings (SSSR count). The third kappa shape index (κ3) is 4.38. The van der Waals surface area contributed by atoms with E-state index < -0.39 is 0 Å². The van der Waals surface area contributed by atoms with Crippen LogP contribution in [0.5, 0.6) is 0 Å². The van der Waals surface area contributed by atoms with Gasteiger partial charge in [-0.2, -0.15) is 0 Å². The number of hydrogen-bond acceptors (Lipinski definition) is 2. The molecule has 0 bridgehead atoms. The molecular formula is C9H21NO. The smallest absolute Gasteiger partial charge is 0.0674 e. The van der Waals surface area contributed by atoms with E-state index in [1.54, 1.807) is 0 Å². The fourth-order valence-electron chi connectivity index (χ4n) is 1.18. The number of likely N-dealkylation sites (N-methyl/N-ethyl adjacent to an activating group) is 1.